The molecule has 3 N–H and O–H groups in total. The highest BCUT2D eigenvalue weighted by Crippen LogP contribution is 2.27. The van der Waals surface area contributed by atoms with Crippen molar-refractivity contribution in [1.29, 1.82) is 0 Å². The van der Waals surface area contributed by atoms with E-state index in [1.165, 1.54) is 7.05 Å². The summed E-state index contributed by atoms with van der Waals surface area (Å²) in [5.41, 5.74) is -0.980. The summed E-state index contributed by atoms with van der Waals surface area (Å²) >= 11 is 0. The van der Waals surface area contributed by atoms with E-state index >= 15 is 0 Å². The minimum atomic E-state index is -0.980. The van der Waals surface area contributed by atoms with Crippen molar-refractivity contribution in [3.05, 3.63) is 0 Å². The lowest BCUT2D eigenvalue weighted by atomic mass is 9.88. The first-order chi connectivity index (χ1) is 12.3. The first-order valence-electron chi connectivity index (χ1n) is 8.56. The standard InChI is InChI=1S/C16H26N4O6/c1-4-6-16(7-5-2)14(24)20(15(25)19-16)9-13(23)26-10-12(22)18-8-11(21)17-3/h4-10H2,1-3H3,(H,17,21)(H,18,22)(H,19,25). The molecule has 5 amide bonds. The number of hydrogen-bond donors (Lipinski definition) is 3. The molecule has 0 aromatic carbocycles. The van der Waals surface area contributed by atoms with Gasteiger partial charge in [0.25, 0.3) is 11.8 Å². The minimum absolute atomic E-state index is 0.240. The van der Waals surface area contributed by atoms with Gasteiger partial charge in [-0.3, -0.25) is 24.1 Å². The lowest BCUT2D eigenvalue weighted by Crippen LogP contribution is -2.47. The van der Waals surface area contributed by atoms with Gasteiger partial charge in [-0.25, -0.2) is 4.79 Å². The second-order valence-electron chi connectivity index (χ2n) is 6.01. The number of carbonyl (C=O) groups excluding carboxylic acids is 5. The van der Waals surface area contributed by atoms with E-state index in [4.69, 9.17) is 4.74 Å². The van der Waals surface area contributed by atoms with Crippen molar-refractivity contribution in [2.75, 3.05) is 26.7 Å². The number of carbonyl (C=O) groups is 5. The Hall–Kier alpha value is -2.65. The highest BCUT2D eigenvalue weighted by atomic mass is 16.5. The fourth-order valence-corrected chi connectivity index (χ4v) is 2.78. The number of nitrogens with one attached hydrogen (secondary N) is 3. The third-order valence-corrected chi connectivity index (χ3v) is 3.98. The average Bonchev–Trinajstić information content (AvgIpc) is 2.82. The van der Waals surface area contributed by atoms with E-state index in [-0.39, 0.29) is 6.54 Å². The zero-order valence-corrected chi connectivity index (χ0v) is 15.3. The maximum atomic E-state index is 12.6. The van der Waals surface area contributed by atoms with E-state index in [0.717, 1.165) is 4.90 Å². The average molecular weight is 370 g/mol. The second kappa shape index (κ2) is 9.73. The van der Waals surface area contributed by atoms with Gasteiger partial charge in [0, 0.05) is 7.05 Å². The number of hydrogen-bond acceptors (Lipinski definition) is 6. The number of likely N-dealkylation sites (N-methyl/N-ethyl adjacent to an activating group) is 1. The largest absolute Gasteiger partial charge is 0.454 e. The van der Waals surface area contributed by atoms with Crippen molar-refractivity contribution < 1.29 is 28.7 Å². The van der Waals surface area contributed by atoms with Crippen LogP contribution in [0.2, 0.25) is 0 Å². The number of ether oxygens (including phenoxy) is 1. The lowest BCUT2D eigenvalue weighted by Gasteiger charge is -2.25. The van der Waals surface area contributed by atoms with Crippen LogP contribution in [0.3, 0.4) is 0 Å². The van der Waals surface area contributed by atoms with Crippen LogP contribution < -0.4 is 16.0 Å². The predicted molar refractivity (Wildman–Crippen MR) is 90.8 cm³/mol. The molecule has 1 fully saturated rings. The summed E-state index contributed by atoms with van der Waals surface area (Å²) in [5.74, 6) is -2.39. The summed E-state index contributed by atoms with van der Waals surface area (Å²) in [4.78, 5) is 59.9. The molecule has 10 nitrogen and oxygen atoms in total. The van der Waals surface area contributed by atoms with Gasteiger partial charge in [-0.15, -0.1) is 0 Å². The Labute approximate surface area is 152 Å². The molecule has 0 saturated carbocycles. The molecular formula is C16H26N4O6. The smallest absolute Gasteiger partial charge is 0.326 e. The Morgan fingerprint density at radius 2 is 1.73 bits per heavy atom. The van der Waals surface area contributed by atoms with Crippen molar-refractivity contribution >= 4 is 29.7 Å². The number of rotatable bonds is 10. The number of amides is 5. The van der Waals surface area contributed by atoms with Gasteiger partial charge in [-0.2, -0.15) is 0 Å². The van der Waals surface area contributed by atoms with E-state index in [1.54, 1.807) is 0 Å². The fourth-order valence-electron chi connectivity index (χ4n) is 2.78. The van der Waals surface area contributed by atoms with Crippen LogP contribution in [-0.2, 0) is 23.9 Å². The molecule has 10 heteroatoms. The Balaban J connectivity index is 2.55. The Kier molecular flexibility index (Phi) is 8.01. The molecule has 0 unspecified atom stereocenters. The van der Waals surface area contributed by atoms with Gasteiger partial charge in [0.2, 0.25) is 5.91 Å². The van der Waals surface area contributed by atoms with Crippen LogP contribution in [-0.4, -0.2) is 66.9 Å². The van der Waals surface area contributed by atoms with E-state index in [1.807, 2.05) is 13.8 Å². The van der Waals surface area contributed by atoms with Gasteiger partial charge in [0.1, 0.15) is 12.1 Å². The van der Waals surface area contributed by atoms with Crippen LogP contribution in [0.4, 0.5) is 4.79 Å². The molecule has 1 rings (SSSR count). The number of urea groups is 1. The topological polar surface area (TPSA) is 134 Å². The van der Waals surface area contributed by atoms with E-state index in [9.17, 15) is 24.0 Å². The van der Waals surface area contributed by atoms with Crippen LogP contribution in [0.25, 0.3) is 0 Å². The molecule has 146 valence electrons. The number of esters is 1. The molecule has 26 heavy (non-hydrogen) atoms. The van der Waals surface area contributed by atoms with Crippen molar-refractivity contribution in [3.8, 4) is 0 Å². The summed E-state index contributed by atoms with van der Waals surface area (Å²) < 4.78 is 4.76. The molecule has 0 aromatic heterocycles. The summed E-state index contributed by atoms with van der Waals surface area (Å²) in [5, 5.41) is 7.26. The van der Waals surface area contributed by atoms with E-state index in [0.29, 0.717) is 25.7 Å². The molecular weight excluding hydrogens is 344 g/mol. The van der Waals surface area contributed by atoms with Crippen LogP contribution >= 0.6 is 0 Å². The van der Waals surface area contributed by atoms with Crippen LogP contribution in [0, 0.1) is 0 Å². The van der Waals surface area contributed by atoms with Crippen LogP contribution in [0.1, 0.15) is 39.5 Å². The lowest BCUT2D eigenvalue weighted by molar-refractivity contribution is -0.151. The molecule has 0 aliphatic carbocycles. The molecule has 1 saturated heterocycles. The monoisotopic (exact) mass is 370 g/mol. The molecule has 0 bridgehead atoms. The Morgan fingerprint density at radius 3 is 2.27 bits per heavy atom. The van der Waals surface area contributed by atoms with Crippen molar-refractivity contribution in [1.82, 2.24) is 20.9 Å². The van der Waals surface area contributed by atoms with Gasteiger partial charge < -0.3 is 20.7 Å². The second-order valence-corrected chi connectivity index (χ2v) is 6.01. The van der Waals surface area contributed by atoms with Gasteiger partial charge in [0.05, 0.1) is 6.54 Å². The molecule has 1 heterocycles. The first kappa shape index (κ1) is 21.4. The maximum absolute atomic E-state index is 12.6. The number of imide groups is 1. The zero-order valence-electron chi connectivity index (χ0n) is 15.3. The molecule has 0 aromatic rings. The SMILES string of the molecule is CCCC1(CCC)NC(=O)N(CC(=O)OCC(=O)NCC(=O)NC)C1=O. The van der Waals surface area contributed by atoms with E-state index in [2.05, 4.69) is 16.0 Å². The quantitative estimate of drug-likeness (QED) is 0.343. The van der Waals surface area contributed by atoms with Gasteiger partial charge >= 0.3 is 12.0 Å². The molecule has 0 atom stereocenters. The molecule has 0 spiro atoms. The number of nitrogens with zero attached hydrogens (tertiary/aromatic N) is 1. The third kappa shape index (κ3) is 5.43. The van der Waals surface area contributed by atoms with Crippen molar-refractivity contribution in [2.24, 2.45) is 0 Å². The summed E-state index contributed by atoms with van der Waals surface area (Å²) in [6.07, 6.45) is 2.38. The van der Waals surface area contributed by atoms with Crippen LogP contribution in [0.5, 0.6) is 0 Å². The highest BCUT2D eigenvalue weighted by molar-refractivity contribution is 6.08. The fraction of sp³-hybridized carbons (Fsp3) is 0.688. The maximum Gasteiger partial charge on any atom is 0.326 e. The minimum Gasteiger partial charge on any atom is -0.454 e. The summed E-state index contributed by atoms with van der Waals surface area (Å²) in [7, 11) is 1.42. The summed E-state index contributed by atoms with van der Waals surface area (Å²) in [6, 6.07) is -0.641. The van der Waals surface area contributed by atoms with Gasteiger partial charge in [-0.1, -0.05) is 26.7 Å². The molecule has 1 aliphatic rings. The first-order valence-corrected chi connectivity index (χ1v) is 8.56. The van der Waals surface area contributed by atoms with Crippen molar-refractivity contribution in [3.63, 3.8) is 0 Å². The van der Waals surface area contributed by atoms with Gasteiger partial charge in [0.15, 0.2) is 6.61 Å². The molecule has 0 radical (unpaired) electrons. The van der Waals surface area contributed by atoms with Gasteiger partial charge in [-0.05, 0) is 12.8 Å². The normalized spacial score (nSPS) is 15.4. The zero-order chi connectivity index (χ0) is 19.7. The molecule has 1 aliphatic heterocycles. The highest BCUT2D eigenvalue weighted by Gasteiger charge is 2.50. The third-order valence-electron chi connectivity index (χ3n) is 3.98. The predicted octanol–water partition coefficient (Wildman–Crippen LogP) is -0.717. The Bertz CT molecular complexity index is 571. The van der Waals surface area contributed by atoms with Crippen molar-refractivity contribution in [2.45, 2.75) is 45.1 Å². The summed E-state index contributed by atoms with van der Waals surface area (Å²) in [6.45, 7) is 2.41. The van der Waals surface area contributed by atoms with Crippen LogP contribution in [0.15, 0.2) is 0 Å². The van der Waals surface area contributed by atoms with E-state index < -0.39 is 48.4 Å². The Morgan fingerprint density at radius 1 is 1.12 bits per heavy atom.